The molecule has 0 aliphatic rings. The molecule has 0 unspecified atom stereocenters. The largest absolute Gasteiger partial charge is 0.496 e. The van der Waals surface area contributed by atoms with E-state index in [0.29, 0.717) is 6.42 Å². The minimum absolute atomic E-state index is 0.493. The smallest absolute Gasteiger partial charge is 0.309 e. The number of methoxy groups -OCH3 is 1. The van der Waals surface area contributed by atoms with Crippen molar-refractivity contribution in [3.63, 3.8) is 0 Å². The molecule has 0 amide bonds. The highest BCUT2D eigenvalue weighted by molar-refractivity contribution is 5.91. The predicted molar refractivity (Wildman–Crippen MR) is 75.6 cm³/mol. The minimum Gasteiger partial charge on any atom is -0.496 e. The lowest BCUT2D eigenvalue weighted by molar-refractivity contribution is -0.146. The summed E-state index contributed by atoms with van der Waals surface area (Å²) < 4.78 is 5.34. The van der Waals surface area contributed by atoms with Gasteiger partial charge in [0.05, 0.1) is 12.5 Å². The first-order valence-corrected chi connectivity index (χ1v) is 6.24. The zero-order chi connectivity index (χ0) is 14.0. The van der Waals surface area contributed by atoms with Crippen molar-refractivity contribution in [1.82, 2.24) is 0 Å². The van der Waals surface area contributed by atoms with Crippen molar-refractivity contribution in [2.24, 2.45) is 5.41 Å². The van der Waals surface area contributed by atoms with Crippen LogP contribution in [0.1, 0.15) is 19.4 Å². The van der Waals surface area contributed by atoms with Crippen LogP contribution in [0.25, 0.3) is 10.8 Å². The first kappa shape index (κ1) is 13.4. The third kappa shape index (κ3) is 2.55. The van der Waals surface area contributed by atoms with E-state index in [4.69, 9.17) is 4.74 Å². The highest BCUT2D eigenvalue weighted by Gasteiger charge is 2.28. The minimum atomic E-state index is -0.785. The van der Waals surface area contributed by atoms with Crippen LogP contribution in [0.15, 0.2) is 36.4 Å². The zero-order valence-corrected chi connectivity index (χ0v) is 11.4. The number of benzene rings is 2. The van der Waals surface area contributed by atoms with Crippen molar-refractivity contribution < 1.29 is 14.6 Å². The van der Waals surface area contributed by atoms with Crippen molar-refractivity contribution >= 4 is 16.7 Å². The number of ether oxygens (including phenoxy) is 1. The van der Waals surface area contributed by atoms with Crippen LogP contribution in [0.2, 0.25) is 0 Å². The molecule has 0 bridgehead atoms. The second-order valence-electron chi connectivity index (χ2n) is 5.34. The zero-order valence-electron chi connectivity index (χ0n) is 11.4. The average Bonchev–Trinajstić information content (AvgIpc) is 2.38. The van der Waals surface area contributed by atoms with Crippen molar-refractivity contribution in [2.45, 2.75) is 20.3 Å². The molecule has 3 heteroatoms. The van der Waals surface area contributed by atoms with E-state index in [9.17, 15) is 9.90 Å². The van der Waals surface area contributed by atoms with Gasteiger partial charge in [-0.05, 0) is 37.3 Å². The van der Waals surface area contributed by atoms with Crippen LogP contribution in [-0.4, -0.2) is 18.2 Å². The molecule has 0 radical (unpaired) electrons. The van der Waals surface area contributed by atoms with Gasteiger partial charge in [-0.2, -0.15) is 0 Å². The molecule has 2 aromatic rings. The number of hydrogen-bond donors (Lipinski definition) is 1. The normalized spacial score (nSPS) is 11.5. The number of carboxylic acid groups (broad SMARTS) is 1. The lowest BCUT2D eigenvalue weighted by Crippen LogP contribution is -2.26. The van der Waals surface area contributed by atoms with Gasteiger partial charge in [0, 0.05) is 5.39 Å². The molecule has 0 atom stereocenters. The van der Waals surface area contributed by atoms with E-state index in [2.05, 4.69) is 0 Å². The molecule has 0 saturated heterocycles. The van der Waals surface area contributed by atoms with E-state index in [1.807, 2.05) is 36.4 Å². The summed E-state index contributed by atoms with van der Waals surface area (Å²) in [5.74, 6) is 0.0277. The summed E-state index contributed by atoms with van der Waals surface area (Å²) in [7, 11) is 1.64. The van der Waals surface area contributed by atoms with E-state index in [1.54, 1.807) is 21.0 Å². The Labute approximate surface area is 112 Å². The number of carboxylic acids is 1. The molecule has 0 heterocycles. The van der Waals surface area contributed by atoms with E-state index in [0.717, 1.165) is 22.1 Å². The fourth-order valence-electron chi connectivity index (χ4n) is 2.22. The summed E-state index contributed by atoms with van der Waals surface area (Å²) in [6.45, 7) is 3.49. The monoisotopic (exact) mass is 258 g/mol. The molecule has 2 rings (SSSR count). The predicted octanol–water partition coefficient (Wildman–Crippen LogP) is 3.50. The Morgan fingerprint density at radius 3 is 2.37 bits per heavy atom. The standard InChI is InChI=1S/C16H18O3/c1-16(2,15(17)18)10-11-8-9-14(19-3)13-7-5-4-6-12(11)13/h4-9H,10H2,1-3H3,(H,17,18). The summed E-state index contributed by atoms with van der Waals surface area (Å²) in [6, 6.07) is 11.8. The first-order valence-electron chi connectivity index (χ1n) is 6.24. The van der Waals surface area contributed by atoms with E-state index >= 15 is 0 Å². The molecule has 0 saturated carbocycles. The SMILES string of the molecule is COc1ccc(CC(C)(C)C(=O)O)c2ccccc12. The maximum Gasteiger partial charge on any atom is 0.309 e. The Hall–Kier alpha value is -2.03. The van der Waals surface area contributed by atoms with Crippen LogP contribution in [0.5, 0.6) is 5.75 Å². The van der Waals surface area contributed by atoms with Crippen LogP contribution >= 0.6 is 0 Å². The topological polar surface area (TPSA) is 46.5 Å². The van der Waals surface area contributed by atoms with Gasteiger partial charge in [0.1, 0.15) is 5.75 Å². The Kier molecular flexibility index (Phi) is 3.47. The molecule has 0 fully saturated rings. The van der Waals surface area contributed by atoms with Crippen LogP contribution in [0, 0.1) is 5.41 Å². The van der Waals surface area contributed by atoms with Gasteiger partial charge in [0.25, 0.3) is 0 Å². The van der Waals surface area contributed by atoms with Crippen molar-refractivity contribution in [3.05, 3.63) is 42.0 Å². The van der Waals surface area contributed by atoms with Gasteiger partial charge in [0.15, 0.2) is 0 Å². The van der Waals surface area contributed by atoms with Gasteiger partial charge in [-0.15, -0.1) is 0 Å². The molecule has 2 aromatic carbocycles. The van der Waals surface area contributed by atoms with Gasteiger partial charge in [-0.3, -0.25) is 4.79 Å². The van der Waals surface area contributed by atoms with Crippen LogP contribution in [0.3, 0.4) is 0 Å². The summed E-state index contributed by atoms with van der Waals surface area (Å²) >= 11 is 0. The third-order valence-electron chi connectivity index (χ3n) is 3.41. The number of aliphatic carboxylic acids is 1. The molecule has 0 aromatic heterocycles. The van der Waals surface area contributed by atoms with Gasteiger partial charge in [-0.25, -0.2) is 0 Å². The Morgan fingerprint density at radius 1 is 1.16 bits per heavy atom. The molecule has 1 N–H and O–H groups in total. The van der Waals surface area contributed by atoms with Gasteiger partial charge < -0.3 is 9.84 Å². The molecule has 0 aliphatic heterocycles. The highest BCUT2D eigenvalue weighted by atomic mass is 16.5. The highest BCUT2D eigenvalue weighted by Crippen LogP contribution is 2.32. The fraction of sp³-hybridized carbons (Fsp3) is 0.312. The second-order valence-corrected chi connectivity index (χ2v) is 5.34. The lowest BCUT2D eigenvalue weighted by Gasteiger charge is -2.20. The maximum absolute atomic E-state index is 11.3. The van der Waals surface area contributed by atoms with E-state index < -0.39 is 11.4 Å². The quantitative estimate of drug-likeness (QED) is 0.913. The molecular formula is C16H18O3. The molecule has 0 aliphatic carbocycles. The third-order valence-corrected chi connectivity index (χ3v) is 3.41. The Morgan fingerprint density at radius 2 is 1.79 bits per heavy atom. The summed E-state index contributed by atoms with van der Waals surface area (Å²) in [5.41, 5.74) is 0.251. The second kappa shape index (κ2) is 4.92. The Balaban J connectivity index is 2.54. The van der Waals surface area contributed by atoms with E-state index in [1.165, 1.54) is 0 Å². The van der Waals surface area contributed by atoms with Gasteiger partial charge >= 0.3 is 5.97 Å². The van der Waals surface area contributed by atoms with Crippen LogP contribution in [-0.2, 0) is 11.2 Å². The van der Waals surface area contributed by atoms with Crippen LogP contribution < -0.4 is 4.74 Å². The fourth-order valence-corrected chi connectivity index (χ4v) is 2.22. The molecule has 3 nitrogen and oxygen atoms in total. The number of fused-ring (bicyclic) bond motifs is 1. The van der Waals surface area contributed by atoms with Gasteiger partial charge in [-0.1, -0.05) is 30.3 Å². The van der Waals surface area contributed by atoms with Crippen molar-refractivity contribution in [3.8, 4) is 5.75 Å². The van der Waals surface area contributed by atoms with Crippen LogP contribution in [0.4, 0.5) is 0 Å². The summed E-state index contributed by atoms with van der Waals surface area (Å²) in [5, 5.41) is 11.3. The molecular weight excluding hydrogens is 240 g/mol. The summed E-state index contributed by atoms with van der Waals surface area (Å²) in [6.07, 6.45) is 0.493. The number of rotatable bonds is 4. The first-order chi connectivity index (χ1) is 8.95. The van der Waals surface area contributed by atoms with Gasteiger partial charge in [0.2, 0.25) is 0 Å². The maximum atomic E-state index is 11.3. The average molecular weight is 258 g/mol. The number of carbonyl (C=O) groups is 1. The number of hydrogen-bond acceptors (Lipinski definition) is 2. The van der Waals surface area contributed by atoms with Crippen molar-refractivity contribution in [2.75, 3.05) is 7.11 Å². The molecule has 0 spiro atoms. The van der Waals surface area contributed by atoms with Crippen molar-refractivity contribution in [1.29, 1.82) is 0 Å². The Bertz CT molecular complexity index is 614. The summed E-state index contributed by atoms with van der Waals surface area (Å²) in [4.78, 5) is 11.3. The van der Waals surface area contributed by atoms with E-state index in [-0.39, 0.29) is 0 Å². The molecule has 100 valence electrons. The lowest BCUT2D eigenvalue weighted by atomic mass is 9.84. The molecule has 19 heavy (non-hydrogen) atoms.